The maximum absolute atomic E-state index is 14.0. The number of amides is 1. The highest BCUT2D eigenvalue weighted by atomic mass is 32.2. The number of carbonyl (C=O) groups is 1. The zero-order valence-electron chi connectivity index (χ0n) is 15.8. The molecule has 3 N–H and O–H groups in total. The van der Waals surface area contributed by atoms with E-state index in [1.807, 2.05) is 6.92 Å². The highest BCUT2D eigenvalue weighted by molar-refractivity contribution is 8.00. The smallest absolute Gasteiger partial charge is 0.238 e. The highest BCUT2D eigenvalue weighted by Gasteiger charge is 2.22. The van der Waals surface area contributed by atoms with Crippen molar-refractivity contribution in [3.63, 3.8) is 0 Å². The van der Waals surface area contributed by atoms with Gasteiger partial charge in [-0.2, -0.15) is 5.10 Å². The van der Waals surface area contributed by atoms with E-state index < -0.39 is 11.1 Å². The number of carbonyl (C=O) groups excluding carboxylic acids is 1. The molecular weight excluding hydrogens is 381 g/mol. The van der Waals surface area contributed by atoms with Gasteiger partial charge in [-0.15, -0.1) is 10.2 Å². The van der Waals surface area contributed by atoms with Crippen LogP contribution < -0.4 is 11.2 Å². The van der Waals surface area contributed by atoms with Crippen LogP contribution in [0.1, 0.15) is 33.2 Å². The van der Waals surface area contributed by atoms with Gasteiger partial charge in [0.25, 0.3) is 0 Å². The van der Waals surface area contributed by atoms with E-state index in [1.54, 1.807) is 42.1 Å². The Morgan fingerprint density at radius 3 is 2.75 bits per heavy atom. The molecule has 2 heterocycles. The van der Waals surface area contributed by atoms with E-state index in [9.17, 15) is 9.18 Å². The number of nitrogens with two attached hydrogens (primary N) is 1. The van der Waals surface area contributed by atoms with Gasteiger partial charge in [-0.05, 0) is 32.4 Å². The number of hydrogen-bond acceptors (Lipinski definition) is 6. The minimum atomic E-state index is -0.500. The molecule has 0 unspecified atom stereocenters. The number of benzene rings is 1. The van der Waals surface area contributed by atoms with E-state index in [4.69, 9.17) is 5.84 Å². The van der Waals surface area contributed by atoms with Crippen LogP contribution in [-0.4, -0.2) is 35.8 Å². The number of hydrogen-bond donors (Lipinski definition) is 2. The Hall–Kier alpha value is -2.88. The normalized spacial score (nSPS) is 13.3. The number of rotatable bonds is 7. The van der Waals surface area contributed by atoms with Crippen LogP contribution in [0.2, 0.25) is 0 Å². The first-order valence-electron chi connectivity index (χ1n) is 8.88. The van der Waals surface area contributed by atoms with Crippen molar-refractivity contribution in [2.24, 2.45) is 0 Å². The molecule has 0 bridgehead atoms. The summed E-state index contributed by atoms with van der Waals surface area (Å²) in [7, 11) is 0. The summed E-state index contributed by atoms with van der Waals surface area (Å²) >= 11 is 1.14. The molecule has 0 saturated carbocycles. The Kier molecular flexibility index (Phi) is 5.98. The van der Waals surface area contributed by atoms with Crippen LogP contribution in [0.5, 0.6) is 0 Å². The first kappa shape index (κ1) is 19.9. The lowest BCUT2D eigenvalue weighted by molar-refractivity contribution is -0.115. The van der Waals surface area contributed by atoms with Gasteiger partial charge in [-0.25, -0.2) is 13.7 Å². The Balaban J connectivity index is 1.72. The lowest BCUT2D eigenvalue weighted by atomic mass is 10.2. The topological polar surface area (TPSA) is 104 Å². The molecule has 8 nitrogen and oxygen atoms in total. The van der Waals surface area contributed by atoms with Crippen molar-refractivity contribution in [2.75, 3.05) is 11.2 Å². The molecule has 0 saturated heterocycles. The van der Waals surface area contributed by atoms with Gasteiger partial charge in [0.2, 0.25) is 11.1 Å². The molecule has 3 aromatic rings. The molecule has 3 rings (SSSR count). The van der Waals surface area contributed by atoms with Crippen molar-refractivity contribution in [1.82, 2.24) is 24.7 Å². The molecule has 0 aliphatic rings. The maximum Gasteiger partial charge on any atom is 0.238 e. The average molecular weight is 403 g/mol. The van der Waals surface area contributed by atoms with Crippen LogP contribution >= 0.6 is 11.8 Å². The number of halogens is 1. The van der Waals surface area contributed by atoms with Gasteiger partial charge in [0.15, 0.2) is 5.82 Å². The number of nitrogen functional groups attached to an aromatic ring is 1. The number of anilines is 1. The van der Waals surface area contributed by atoms with Gasteiger partial charge in [-0.1, -0.05) is 30.8 Å². The predicted octanol–water partition coefficient (Wildman–Crippen LogP) is 3.08. The zero-order valence-corrected chi connectivity index (χ0v) is 16.7. The van der Waals surface area contributed by atoms with E-state index in [-0.39, 0.29) is 23.3 Å². The van der Waals surface area contributed by atoms with Crippen LogP contribution in [-0.2, 0) is 4.79 Å². The van der Waals surface area contributed by atoms with Crippen molar-refractivity contribution in [3.05, 3.63) is 42.3 Å². The summed E-state index contributed by atoms with van der Waals surface area (Å²) in [6.45, 7) is 5.82. The molecule has 1 amide bonds. The van der Waals surface area contributed by atoms with Crippen LogP contribution in [0.15, 0.2) is 41.7 Å². The fraction of sp³-hybridized carbons (Fsp3) is 0.333. The standard InChI is InChI=1S/C18H22FN7OS/c1-4-11(2)26-15(9-10-21-26)22-17(27)12(3)28-18-24-23-16(25(18)20)13-7-5-6-8-14(13)19/h5-12H,4,20H2,1-3H3,(H,22,27)/t11-,12+/m1/s1. The van der Waals surface area contributed by atoms with Crippen molar-refractivity contribution < 1.29 is 9.18 Å². The van der Waals surface area contributed by atoms with E-state index in [0.717, 1.165) is 18.2 Å². The van der Waals surface area contributed by atoms with Crippen molar-refractivity contribution in [1.29, 1.82) is 0 Å². The molecule has 10 heteroatoms. The first-order valence-corrected chi connectivity index (χ1v) is 9.76. The van der Waals surface area contributed by atoms with Crippen molar-refractivity contribution in [3.8, 4) is 11.4 Å². The van der Waals surface area contributed by atoms with Crippen molar-refractivity contribution >= 4 is 23.5 Å². The summed E-state index contributed by atoms with van der Waals surface area (Å²) in [6.07, 6.45) is 2.54. The van der Waals surface area contributed by atoms with Gasteiger partial charge in [-0.3, -0.25) is 4.79 Å². The summed E-state index contributed by atoms with van der Waals surface area (Å²) in [5, 5.41) is 14.9. The minimum Gasteiger partial charge on any atom is -0.335 e. The lowest BCUT2D eigenvalue weighted by Crippen LogP contribution is -2.25. The fourth-order valence-electron chi connectivity index (χ4n) is 2.56. The van der Waals surface area contributed by atoms with Crippen LogP contribution in [0.25, 0.3) is 11.4 Å². The van der Waals surface area contributed by atoms with E-state index in [2.05, 4.69) is 27.5 Å². The molecule has 0 radical (unpaired) electrons. The Morgan fingerprint density at radius 1 is 1.29 bits per heavy atom. The van der Waals surface area contributed by atoms with Gasteiger partial charge < -0.3 is 11.2 Å². The Bertz CT molecular complexity index is 971. The zero-order chi connectivity index (χ0) is 20.3. The molecule has 0 spiro atoms. The number of nitrogens with zero attached hydrogens (tertiary/aromatic N) is 5. The summed E-state index contributed by atoms with van der Waals surface area (Å²) in [5.41, 5.74) is 0.249. The molecule has 148 valence electrons. The molecule has 2 aromatic heterocycles. The summed E-state index contributed by atoms with van der Waals surface area (Å²) in [5.74, 6) is 6.20. The number of aromatic nitrogens is 5. The third-order valence-corrected chi connectivity index (χ3v) is 5.42. The quantitative estimate of drug-likeness (QED) is 0.464. The van der Waals surface area contributed by atoms with Crippen LogP contribution in [0.3, 0.4) is 0 Å². The first-order chi connectivity index (χ1) is 13.4. The largest absolute Gasteiger partial charge is 0.335 e. The third-order valence-electron chi connectivity index (χ3n) is 4.36. The molecule has 0 aliphatic carbocycles. The third kappa shape index (κ3) is 4.01. The second kappa shape index (κ2) is 8.42. The van der Waals surface area contributed by atoms with Gasteiger partial charge in [0.1, 0.15) is 11.6 Å². The van der Waals surface area contributed by atoms with Gasteiger partial charge in [0.05, 0.1) is 23.1 Å². The summed E-state index contributed by atoms with van der Waals surface area (Å²) in [4.78, 5) is 12.6. The maximum atomic E-state index is 14.0. The summed E-state index contributed by atoms with van der Waals surface area (Å²) in [6, 6.07) is 8.10. The number of nitrogens with one attached hydrogen (secondary N) is 1. The average Bonchev–Trinajstić information content (AvgIpc) is 3.29. The number of thioether (sulfide) groups is 1. The molecule has 2 atom stereocenters. The summed E-state index contributed by atoms with van der Waals surface area (Å²) < 4.78 is 16.9. The van der Waals surface area contributed by atoms with Gasteiger partial charge in [0, 0.05) is 6.07 Å². The Labute approximate surface area is 166 Å². The van der Waals surface area contributed by atoms with E-state index in [0.29, 0.717) is 11.0 Å². The molecule has 1 aromatic carbocycles. The van der Waals surface area contributed by atoms with E-state index in [1.165, 1.54) is 10.7 Å². The predicted molar refractivity (Wildman–Crippen MR) is 107 cm³/mol. The molecular formula is C18H22FN7OS. The SMILES string of the molecule is CC[C@@H](C)n1nccc1NC(=O)[C@H](C)Sc1nnc(-c2ccccc2F)n1N. The molecule has 28 heavy (non-hydrogen) atoms. The second-order valence-corrected chi connectivity index (χ2v) is 7.63. The molecule has 0 aliphatic heterocycles. The van der Waals surface area contributed by atoms with Gasteiger partial charge >= 0.3 is 0 Å². The van der Waals surface area contributed by atoms with Crippen LogP contribution in [0, 0.1) is 5.82 Å². The lowest BCUT2D eigenvalue weighted by Gasteiger charge is -2.16. The fourth-order valence-corrected chi connectivity index (χ4v) is 3.33. The monoisotopic (exact) mass is 403 g/mol. The minimum absolute atomic E-state index is 0.170. The highest BCUT2D eigenvalue weighted by Crippen LogP contribution is 2.27. The Morgan fingerprint density at radius 2 is 2.04 bits per heavy atom. The molecule has 0 fully saturated rings. The van der Waals surface area contributed by atoms with E-state index >= 15 is 0 Å². The second-order valence-electron chi connectivity index (χ2n) is 6.32. The van der Waals surface area contributed by atoms with Crippen LogP contribution in [0.4, 0.5) is 10.2 Å². The van der Waals surface area contributed by atoms with Crippen molar-refractivity contribution in [2.45, 2.75) is 43.6 Å².